The van der Waals surface area contributed by atoms with Crippen molar-refractivity contribution in [3.8, 4) is 5.75 Å². The predicted octanol–water partition coefficient (Wildman–Crippen LogP) is 3.85. The summed E-state index contributed by atoms with van der Waals surface area (Å²) >= 11 is 0. The monoisotopic (exact) mass is 381 g/mol. The third-order valence-electron chi connectivity index (χ3n) is 5.23. The molecule has 0 bridgehead atoms. The number of nitrogens with zero attached hydrogens (tertiary/aromatic N) is 2. The number of rotatable bonds is 8. The Balaban J connectivity index is 1.54. The molecule has 1 aromatic heterocycles. The molecular formula is C23H31N3O2. The minimum Gasteiger partial charge on any atom is -0.489 e. The van der Waals surface area contributed by atoms with Crippen molar-refractivity contribution in [1.29, 1.82) is 0 Å². The Kier molecular flexibility index (Phi) is 7.43. The molecule has 1 aromatic carbocycles. The van der Waals surface area contributed by atoms with Crippen molar-refractivity contribution in [1.82, 2.24) is 15.2 Å². The van der Waals surface area contributed by atoms with Gasteiger partial charge in [0.25, 0.3) is 0 Å². The molecule has 28 heavy (non-hydrogen) atoms. The van der Waals surface area contributed by atoms with Crippen LogP contribution >= 0.6 is 0 Å². The smallest absolute Gasteiger partial charge is 0.221 e. The zero-order valence-corrected chi connectivity index (χ0v) is 17.0. The average Bonchev–Trinajstić information content (AvgIpc) is 2.88. The van der Waals surface area contributed by atoms with Crippen molar-refractivity contribution in [2.24, 2.45) is 0 Å². The first-order valence-corrected chi connectivity index (χ1v) is 10.3. The van der Waals surface area contributed by atoms with E-state index in [-0.39, 0.29) is 12.0 Å². The summed E-state index contributed by atoms with van der Waals surface area (Å²) in [5, 5.41) is 3.00. The lowest BCUT2D eigenvalue weighted by Gasteiger charge is -2.23. The van der Waals surface area contributed by atoms with Gasteiger partial charge in [-0.05, 0) is 37.5 Å². The van der Waals surface area contributed by atoms with E-state index in [2.05, 4.69) is 40.3 Å². The lowest BCUT2D eigenvalue weighted by molar-refractivity contribution is -0.121. The van der Waals surface area contributed by atoms with E-state index in [4.69, 9.17) is 4.74 Å². The topological polar surface area (TPSA) is 54.5 Å². The summed E-state index contributed by atoms with van der Waals surface area (Å²) in [6.45, 7) is 7.12. The van der Waals surface area contributed by atoms with Gasteiger partial charge < -0.3 is 10.1 Å². The van der Waals surface area contributed by atoms with Gasteiger partial charge in [-0.15, -0.1) is 0 Å². The van der Waals surface area contributed by atoms with Gasteiger partial charge >= 0.3 is 0 Å². The molecule has 3 rings (SSSR count). The van der Waals surface area contributed by atoms with Crippen LogP contribution in [0.25, 0.3) is 0 Å². The highest BCUT2D eigenvalue weighted by Crippen LogP contribution is 2.26. The third-order valence-corrected chi connectivity index (χ3v) is 5.23. The van der Waals surface area contributed by atoms with E-state index in [0.717, 1.165) is 55.9 Å². The maximum Gasteiger partial charge on any atom is 0.221 e. The molecule has 0 aliphatic carbocycles. The van der Waals surface area contributed by atoms with Crippen LogP contribution in [0.3, 0.4) is 0 Å². The van der Waals surface area contributed by atoms with Crippen molar-refractivity contribution < 1.29 is 9.53 Å². The molecule has 0 radical (unpaired) electrons. The van der Waals surface area contributed by atoms with Crippen LogP contribution in [0.5, 0.6) is 5.75 Å². The number of amides is 1. The van der Waals surface area contributed by atoms with E-state index in [9.17, 15) is 4.79 Å². The molecule has 0 spiro atoms. The van der Waals surface area contributed by atoms with Crippen LogP contribution in [0.2, 0.25) is 0 Å². The largest absolute Gasteiger partial charge is 0.489 e. The standard InChI is InChI=1S/C23H31N3O2/c1-3-4-10-20-17-26(16-19-9-5-6-11-22(19)28-20)14-12-23(27)25-15-21-18(2)8-7-13-24-21/h5-9,11,13,20H,3-4,10,12,14-17H2,1-2H3,(H,25,27)/t20-/m0/s1. The van der Waals surface area contributed by atoms with Gasteiger partial charge in [0.15, 0.2) is 0 Å². The van der Waals surface area contributed by atoms with E-state index in [1.54, 1.807) is 6.20 Å². The first-order chi connectivity index (χ1) is 13.7. The minimum absolute atomic E-state index is 0.0635. The number of aryl methyl sites for hydroxylation is 1. The number of hydrogen-bond acceptors (Lipinski definition) is 4. The summed E-state index contributed by atoms with van der Waals surface area (Å²) in [4.78, 5) is 19.0. The Labute approximate surface area is 168 Å². The van der Waals surface area contributed by atoms with Gasteiger partial charge in [0.1, 0.15) is 11.9 Å². The number of nitrogens with one attached hydrogen (secondary N) is 1. The predicted molar refractivity (Wildman–Crippen MR) is 111 cm³/mol. The molecule has 2 heterocycles. The van der Waals surface area contributed by atoms with Gasteiger partial charge in [-0.3, -0.25) is 14.7 Å². The molecule has 1 aliphatic rings. The van der Waals surface area contributed by atoms with Crippen LogP contribution in [-0.4, -0.2) is 35.0 Å². The van der Waals surface area contributed by atoms with E-state index < -0.39 is 0 Å². The zero-order valence-electron chi connectivity index (χ0n) is 17.0. The van der Waals surface area contributed by atoms with Crippen LogP contribution in [0, 0.1) is 6.92 Å². The number of para-hydroxylation sites is 1. The molecule has 1 N–H and O–H groups in total. The Hall–Kier alpha value is -2.40. The molecule has 1 amide bonds. The summed E-state index contributed by atoms with van der Waals surface area (Å²) < 4.78 is 6.26. The maximum atomic E-state index is 12.4. The first kappa shape index (κ1) is 20.3. The number of hydrogen-bond donors (Lipinski definition) is 1. The molecule has 1 aliphatic heterocycles. The van der Waals surface area contributed by atoms with Gasteiger partial charge in [0.2, 0.25) is 5.91 Å². The van der Waals surface area contributed by atoms with Crippen LogP contribution in [0.4, 0.5) is 0 Å². The number of unbranched alkanes of at least 4 members (excludes halogenated alkanes) is 1. The van der Waals surface area contributed by atoms with E-state index in [0.29, 0.717) is 13.0 Å². The van der Waals surface area contributed by atoms with Gasteiger partial charge in [0.05, 0.1) is 12.2 Å². The number of benzene rings is 1. The number of carbonyl (C=O) groups is 1. The minimum atomic E-state index is 0.0635. The second-order valence-corrected chi connectivity index (χ2v) is 7.52. The Bertz CT molecular complexity index is 778. The van der Waals surface area contributed by atoms with Crippen LogP contribution in [-0.2, 0) is 17.9 Å². The fourth-order valence-corrected chi connectivity index (χ4v) is 3.55. The molecule has 150 valence electrons. The van der Waals surface area contributed by atoms with E-state index in [1.165, 1.54) is 5.56 Å². The highest BCUT2D eigenvalue weighted by molar-refractivity contribution is 5.76. The molecule has 5 nitrogen and oxygen atoms in total. The molecule has 5 heteroatoms. The second kappa shape index (κ2) is 10.2. The molecule has 0 unspecified atom stereocenters. The van der Waals surface area contributed by atoms with Gasteiger partial charge in [-0.1, -0.05) is 37.6 Å². The van der Waals surface area contributed by atoms with Crippen LogP contribution in [0.15, 0.2) is 42.6 Å². The normalized spacial score (nSPS) is 16.7. The van der Waals surface area contributed by atoms with E-state index >= 15 is 0 Å². The molecule has 1 atom stereocenters. The van der Waals surface area contributed by atoms with Crippen molar-refractivity contribution in [2.75, 3.05) is 13.1 Å². The first-order valence-electron chi connectivity index (χ1n) is 10.3. The zero-order chi connectivity index (χ0) is 19.8. The number of ether oxygens (including phenoxy) is 1. The fraction of sp³-hybridized carbons (Fsp3) is 0.478. The van der Waals surface area contributed by atoms with Crippen LogP contribution in [0.1, 0.15) is 49.4 Å². The summed E-state index contributed by atoms with van der Waals surface area (Å²) in [7, 11) is 0. The third kappa shape index (κ3) is 5.80. The van der Waals surface area contributed by atoms with Crippen LogP contribution < -0.4 is 10.1 Å². The molecule has 0 saturated carbocycles. The van der Waals surface area contributed by atoms with Gasteiger partial charge in [-0.2, -0.15) is 0 Å². The summed E-state index contributed by atoms with van der Waals surface area (Å²) in [5.74, 6) is 1.05. The second-order valence-electron chi connectivity index (χ2n) is 7.52. The number of fused-ring (bicyclic) bond motifs is 1. The lowest BCUT2D eigenvalue weighted by Crippen LogP contribution is -2.36. The Morgan fingerprint density at radius 2 is 2.14 bits per heavy atom. The summed E-state index contributed by atoms with van der Waals surface area (Å²) in [5.41, 5.74) is 3.22. The summed E-state index contributed by atoms with van der Waals surface area (Å²) in [6.07, 6.45) is 5.80. The van der Waals surface area contributed by atoms with Crippen molar-refractivity contribution in [3.63, 3.8) is 0 Å². The molecule has 2 aromatic rings. The highest BCUT2D eigenvalue weighted by atomic mass is 16.5. The van der Waals surface area contributed by atoms with Gasteiger partial charge in [0, 0.05) is 37.8 Å². The molecule has 0 saturated heterocycles. The fourth-order valence-electron chi connectivity index (χ4n) is 3.55. The Morgan fingerprint density at radius 1 is 1.29 bits per heavy atom. The lowest BCUT2D eigenvalue weighted by atomic mass is 10.1. The van der Waals surface area contributed by atoms with Gasteiger partial charge in [-0.25, -0.2) is 0 Å². The maximum absolute atomic E-state index is 12.4. The molecule has 0 fully saturated rings. The number of carbonyl (C=O) groups excluding carboxylic acids is 1. The summed E-state index contributed by atoms with van der Waals surface area (Å²) in [6, 6.07) is 12.2. The van der Waals surface area contributed by atoms with Crippen molar-refractivity contribution in [2.45, 2.75) is 58.7 Å². The number of aromatic nitrogens is 1. The number of pyridine rings is 1. The molecular weight excluding hydrogens is 350 g/mol. The highest BCUT2D eigenvalue weighted by Gasteiger charge is 2.22. The average molecular weight is 382 g/mol. The Morgan fingerprint density at radius 3 is 2.96 bits per heavy atom. The van der Waals surface area contributed by atoms with Crippen molar-refractivity contribution in [3.05, 3.63) is 59.4 Å². The SMILES string of the molecule is CCCC[C@H]1CN(CCC(=O)NCc2ncccc2C)Cc2ccccc2O1. The van der Waals surface area contributed by atoms with Crippen molar-refractivity contribution >= 4 is 5.91 Å². The quantitative estimate of drug-likeness (QED) is 0.755. The van der Waals surface area contributed by atoms with E-state index in [1.807, 2.05) is 25.1 Å².